The molecule has 1 fully saturated rings. The van der Waals surface area contributed by atoms with E-state index in [1.807, 2.05) is 0 Å². The van der Waals surface area contributed by atoms with E-state index in [9.17, 15) is 4.79 Å². The molecular formula is C13H23NO2. The Kier molecular flexibility index (Phi) is 5.00. The van der Waals surface area contributed by atoms with Gasteiger partial charge in [0.15, 0.2) is 0 Å². The molecule has 0 aromatic carbocycles. The van der Waals surface area contributed by atoms with Crippen molar-refractivity contribution in [3.05, 3.63) is 12.2 Å². The first kappa shape index (κ1) is 13.2. The number of nitrogens with zero attached hydrogens (tertiary/aromatic N) is 1. The fourth-order valence-corrected chi connectivity index (χ4v) is 2.23. The van der Waals surface area contributed by atoms with Gasteiger partial charge in [0.1, 0.15) is 0 Å². The lowest BCUT2D eigenvalue weighted by atomic mass is 9.88. The van der Waals surface area contributed by atoms with Gasteiger partial charge in [0.25, 0.3) is 0 Å². The van der Waals surface area contributed by atoms with Crippen LogP contribution in [0.15, 0.2) is 12.2 Å². The second-order valence-electron chi connectivity index (χ2n) is 4.82. The van der Waals surface area contributed by atoms with Crippen LogP contribution >= 0.6 is 0 Å². The number of piperidine rings is 1. The molecule has 1 rings (SSSR count). The quantitative estimate of drug-likeness (QED) is 0.543. The highest BCUT2D eigenvalue weighted by atomic mass is 16.5. The zero-order chi connectivity index (χ0) is 12.1. The third-order valence-electron chi connectivity index (χ3n) is 3.44. The lowest BCUT2D eigenvalue weighted by Crippen LogP contribution is -2.38. The number of hydrogen-bond acceptors (Lipinski definition) is 3. The van der Waals surface area contributed by atoms with Crippen LogP contribution in [0.25, 0.3) is 0 Å². The molecule has 1 saturated heterocycles. The van der Waals surface area contributed by atoms with Crippen LogP contribution in [0.5, 0.6) is 0 Å². The summed E-state index contributed by atoms with van der Waals surface area (Å²) in [4.78, 5) is 13.6. The SMILES string of the molecule is C=C(CC(=O)OC)C1CCN(C(C)C)CC1. The average Bonchev–Trinajstić information content (AvgIpc) is 2.28. The van der Waals surface area contributed by atoms with Crippen LogP contribution in [-0.2, 0) is 9.53 Å². The van der Waals surface area contributed by atoms with Gasteiger partial charge in [0.05, 0.1) is 13.5 Å². The summed E-state index contributed by atoms with van der Waals surface area (Å²) in [6.07, 6.45) is 2.62. The summed E-state index contributed by atoms with van der Waals surface area (Å²) in [6, 6.07) is 0.620. The summed E-state index contributed by atoms with van der Waals surface area (Å²) in [5.41, 5.74) is 1.04. The van der Waals surface area contributed by atoms with Gasteiger partial charge in [0, 0.05) is 6.04 Å². The van der Waals surface area contributed by atoms with Crippen LogP contribution < -0.4 is 0 Å². The van der Waals surface area contributed by atoms with E-state index >= 15 is 0 Å². The molecule has 0 N–H and O–H groups in total. The molecule has 16 heavy (non-hydrogen) atoms. The monoisotopic (exact) mass is 225 g/mol. The number of methoxy groups -OCH3 is 1. The standard InChI is InChI=1S/C13H23NO2/c1-10(2)14-7-5-12(6-8-14)11(3)9-13(15)16-4/h10,12H,3,5-9H2,1-2,4H3. The van der Waals surface area contributed by atoms with Crippen LogP contribution in [-0.4, -0.2) is 37.1 Å². The minimum absolute atomic E-state index is 0.170. The highest BCUT2D eigenvalue weighted by molar-refractivity contribution is 5.72. The zero-order valence-electron chi connectivity index (χ0n) is 10.7. The Bertz CT molecular complexity index is 253. The molecule has 1 aliphatic rings. The smallest absolute Gasteiger partial charge is 0.309 e. The van der Waals surface area contributed by atoms with Crippen LogP contribution in [0.3, 0.4) is 0 Å². The molecule has 0 amide bonds. The van der Waals surface area contributed by atoms with Gasteiger partial charge in [-0.05, 0) is 45.7 Å². The van der Waals surface area contributed by atoms with Gasteiger partial charge in [-0.15, -0.1) is 0 Å². The molecule has 1 heterocycles. The van der Waals surface area contributed by atoms with Crippen LogP contribution in [0.4, 0.5) is 0 Å². The average molecular weight is 225 g/mol. The topological polar surface area (TPSA) is 29.5 Å². The maximum absolute atomic E-state index is 11.1. The Morgan fingerprint density at radius 2 is 2.00 bits per heavy atom. The van der Waals surface area contributed by atoms with Crippen molar-refractivity contribution >= 4 is 5.97 Å². The van der Waals surface area contributed by atoms with Crippen molar-refractivity contribution < 1.29 is 9.53 Å². The lowest BCUT2D eigenvalue weighted by molar-refractivity contribution is -0.139. The Morgan fingerprint density at radius 3 is 2.44 bits per heavy atom. The molecule has 0 atom stereocenters. The molecule has 0 spiro atoms. The first-order chi connectivity index (χ1) is 7.54. The van der Waals surface area contributed by atoms with Crippen molar-refractivity contribution in [2.45, 2.75) is 39.2 Å². The fraction of sp³-hybridized carbons (Fsp3) is 0.769. The maximum Gasteiger partial charge on any atom is 0.309 e. The Labute approximate surface area is 98.5 Å². The van der Waals surface area contributed by atoms with Gasteiger partial charge in [-0.3, -0.25) is 4.79 Å². The van der Waals surface area contributed by atoms with Crippen molar-refractivity contribution in [3.63, 3.8) is 0 Å². The Hall–Kier alpha value is -0.830. The highest BCUT2D eigenvalue weighted by Crippen LogP contribution is 2.26. The summed E-state index contributed by atoms with van der Waals surface area (Å²) in [7, 11) is 1.43. The van der Waals surface area contributed by atoms with Crippen molar-refractivity contribution in [1.82, 2.24) is 4.90 Å². The first-order valence-electron chi connectivity index (χ1n) is 6.03. The van der Waals surface area contributed by atoms with Crippen molar-refractivity contribution in [3.8, 4) is 0 Å². The van der Waals surface area contributed by atoms with E-state index < -0.39 is 0 Å². The van der Waals surface area contributed by atoms with Gasteiger partial charge < -0.3 is 9.64 Å². The number of carbonyl (C=O) groups is 1. The summed E-state index contributed by atoms with van der Waals surface area (Å²) in [6.45, 7) is 10.7. The van der Waals surface area contributed by atoms with Gasteiger partial charge >= 0.3 is 5.97 Å². The van der Waals surface area contributed by atoms with E-state index in [2.05, 4.69) is 30.1 Å². The molecule has 0 saturated carbocycles. The normalized spacial score (nSPS) is 18.8. The predicted molar refractivity (Wildman–Crippen MR) is 65.2 cm³/mol. The highest BCUT2D eigenvalue weighted by Gasteiger charge is 2.23. The minimum atomic E-state index is -0.170. The number of hydrogen-bond donors (Lipinski definition) is 0. The minimum Gasteiger partial charge on any atom is -0.469 e. The molecule has 0 aromatic heterocycles. The summed E-state index contributed by atoms with van der Waals surface area (Å²) < 4.78 is 4.66. The molecule has 0 unspecified atom stereocenters. The fourth-order valence-electron chi connectivity index (χ4n) is 2.23. The van der Waals surface area contributed by atoms with Gasteiger partial charge in [-0.1, -0.05) is 12.2 Å². The molecule has 1 aliphatic heterocycles. The molecule has 3 nitrogen and oxygen atoms in total. The maximum atomic E-state index is 11.1. The van der Waals surface area contributed by atoms with Crippen molar-refractivity contribution in [2.75, 3.05) is 20.2 Å². The van der Waals surface area contributed by atoms with E-state index in [0.29, 0.717) is 18.4 Å². The number of esters is 1. The van der Waals surface area contributed by atoms with Crippen LogP contribution in [0.1, 0.15) is 33.1 Å². The third kappa shape index (κ3) is 3.63. The van der Waals surface area contributed by atoms with Gasteiger partial charge in [0.2, 0.25) is 0 Å². The van der Waals surface area contributed by atoms with Crippen molar-refractivity contribution in [2.24, 2.45) is 5.92 Å². The summed E-state index contributed by atoms with van der Waals surface area (Å²) in [5, 5.41) is 0. The largest absolute Gasteiger partial charge is 0.469 e. The van der Waals surface area contributed by atoms with Crippen LogP contribution in [0, 0.1) is 5.92 Å². The molecule has 0 radical (unpaired) electrons. The molecule has 0 aliphatic carbocycles. The Morgan fingerprint density at radius 1 is 1.44 bits per heavy atom. The second-order valence-corrected chi connectivity index (χ2v) is 4.82. The number of likely N-dealkylation sites (tertiary alicyclic amines) is 1. The van der Waals surface area contributed by atoms with Crippen molar-refractivity contribution in [1.29, 1.82) is 0 Å². The lowest BCUT2D eigenvalue weighted by Gasteiger charge is -2.35. The van der Waals surface area contributed by atoms with Gasteiger partial charge in [-0.25, -0.2) is 0 Å². The number of carbonyl (C=O) groups excluding carboxylic acids is 1. The molecule has 92 valence electrons. The third-order valence-corrected chi connectivity index (χ3v) is 3.44. The zero-order valence-corrected chi connectivity index (χ0v) is 10.7. The number of ether oxygens (including phenoxy) is 1. The van der Waals surface area contributed by atoms with Gasteiger partial charge in [-0.2, -0.15) is 0 Å². The molecule has 0 bridgehead atoms. The summed E-state index contributed by atoms with van der Waals surface area (Å²) in [5.74, 6) is 0.324. The first-order valence-corrected chi connectivity index (χ1v) is 6.03. The van der Waals surface area contributed by atoms with Crippen LogP contribution in [0.2, 0.25) is 0 Å². The summed E-state index contributed by atoms with van der Waals surface area (Å²) >= 11 is 0. The molecule has 3 heteroatoms. The molecule has 0 aromatic rings. The predicted octanol–water partition coefficient (Wildman–Crippen LogP) is 2.23. The van der Waals surface area contributed by atoms with E-state index in [0.717, 1.165) is 31.5 Å². The Balaban J connectivity index is 2.36. The molecular weight excluding hydrogens is 202 g/mol. The number of rotatable bonds is 4. The van der Waals surface area contributed by atoms with E-state index in [4.69, 9.17) is 0 Å². The second kappa shape index (κ2) is 6.04. The van der Waals surface area contributed by atoms with E-state index in [1.165, 1.54) is 7.11 Å². The van der Waals surface area contributed by atoms with E-state index in [1.54, 1.807) is 0 Å². The van der Waals surface area contributed by atoms with E-state index in [-0.39, 0.29) is 5.97 Å².